The molecule has 1 aromatic rings. The Morgan fingerprint density at radius 1 is 1.38 bits per heavy atom. The molecule has 0 aromatic carbocycles. The molecule has 2 atom stereocenters. The molecule has 0 aliphatic carbocycles. The highest BCUT2D eigenvalue weighted by molar-refractivity contribution is 7.89. The van der Waals surface area contributed by atoms with E-state index in [1.165, 1.54) is 0 Å². The van der Waals surface area contributed by atoms with E-state index in [4.69, 9.17) is 4.42 Å². The van der Waals surface area contributed by atoms with Crippen molar-refractivity contribution in [3.05, 3.63) is 17.6 Å². The van der Waals surface area contributed by atoms with Gasteiger partial charge in [0.2, 0.25) is 10.0 Å². The van der Waals surface area contributed by atoms with Crippen LogP contribution in [0.5, 0.6) is 0 Å². The summed E-state index contributed by atoms with van der Waals surface area (Å²) in [6.45, 7) is 10.6. The highest BCUT2D eigenvalue weighted by Gasteiger charge is 2.33. The Labute approximate surface area is 127 Å². The van der Waals surface area contributed by atoms with E-state index in [1.807, 2.05) is 6.92 Å². The number of furan rings is 1. The van der Waals surface area contributed by atoms with E-state index >= 15 is 0 Å². The van der Waals surface area contributed by atoms with Gasteiger partial charge < -0.3 is 9.73 Å². The fourth-order valence-corrected chi connectivity index (χ4v) is 4.44. The van der Waals surface area contributed by atoms with Gasteiger partial charge in [-0.25, -0.2) is 8.42 Å². The first-order valence-electron chi connectivity index (χ1n) is 7.66. The topological polar surface area (TPSA) is 62.6 Å². The minimum atomic E-state index is -3.44. The monoisotopic (exact) mass is 314 g/mol. The number of nitrogens with zero attached hydrogens (tertiary/aromatic N) is 1. The summed E-state index contributed by atoms with van der Waals surface area (Å²) in [5, 5.41) is 3.15. The molecule has 2 unspecified atom stereocenters. The molecule has 1 fully saturated rings. The number of hydrogen-bond acceptors (Lipinski definition) is 4. The van der Waals surface area contributed by atoms with Crippen LogP contribution in [0.2, 0.25) is 0 Å². The van der Waals surface area contributed by atoms with Gasteiger partial charge in [-0.05, 0) is 31.7 Å². The Balaban J connectivity index is 2.21. The Morgan fingerprint density at radius 3 is 2.71 bits per heavy atom. The molecule has 21 heavy (non-hydrogen) atoms. The van der Waals surface area contributed by atoms with Crippen LogP contribution in [0.25, 0.3) is 0 Å². The third-order valence-electron chi connectivity index (χ3n) is 4.39. The van der Waals surface area contributed by atoms with Crippen molar-refractivity contribution in [2.75, 3.05) is 19.6 Å². The van der Waals surface area contributed by atoms with Crippen molar-refractivity contribution in [2.24, 2.45) is 11.8 Å². The molecule has 5 nitrogen and oxygen atoms in total. The van der Waals surface area contributed by atoms with E-state index in [1.54, 1.807) is 17.3 Å². The molecule has 1 aromatic heterocycles. The largest absolute Gasteiger partial charge is 0.464 e. The third-order valence-corrected chi connectivity index (χ3v) is 6.36. The standard InChI is InChI=1S/C15H26N2O3S/c1-5-16-9-14-8-15(13(4)20-14)21(18,19)17-7-6-11(2)12(3)10-17/h8,11-12,16H,5-7,9-10H2,1-4H3. The summed E-state index contributed by atoms with van der Waals surface area (Å²) in [5.74, 6) is 2.12. The second-order valence-electron chi connectivity index (χ2n) is 6.02. The fourth-order valence-electron chi connectivity index (χ4n) is 2.70. The van der Waals surface area contributed by atoms with Gasteiger partial charge >= 0.3 is 0 Å². The van der Waals surface area contributed by atoms with Crippen molar-refractivity contribution < 1.29 is 12.8 Å². The number of rotatable bonds is 5. The van der Waals surface area contributed by atoms with Crippen molar-refractivity contribution in [1.29, 1.82) is 0 Å². The van der Waals surface area contributed by atoms with Crippen LogP contribution in [0.1, 0.15) is 38.7 Å². The molecule has 1 aliphatic rings. The molecule has 1 saturated heterocycles. The second-order valence-corrected chi connectivity index (χ2v) is 7.93. The van der Waals surface area contributed by atoms with Crippen LogP contribution in [0.15, 0.2) is 15.4 Å². The molecule has 0 spiro atoms. The summed E-state index contributed by atoms with van der Waals surface area (Å²) >= 11 is 0. The lowest BCUT2D eigenvalue weighted by atomic mass is 9.90. The molecule has 2 heterocycles. The maximum absolute atomic E-state index is 12.8. The second kappa shape index (κ2) is 6.50. The Morgan fingerprint density at radius 2 is 2.10 bits per heavy atom. The summed E-state index contributed by atoms with van der Waals surface area (Å²) in [4.78, 5) is 0.317. The van der Waals surface area contributed by atoms with Crippen molar-refractivity contribution in [1.82, 2.24) is 9.62 Å². The lowest BCUT2D eigenvalue weighted by Crippen LogP contribution is -2.42. The first-order chi connectivity index (χ1) is 9.86. The summed E-state index contributed by atoms with van der Waals surface area (Å²) in [6.07, 6.45) is 0.918. The van der Waals surface area contributed by atoms with Gasteiger partial charge in [-0.1, -0.05) is 20.8 Å². The predicted molar refractivity (Wildman–Crippen MR) is 82.5 cm³/mol. The van der Waals surface area contributed by atoms with Crippen LogP contribution in [0.3, 0.4) is 0 Å². The van der Waals surface area contributed by atoms with E-state index in [9.17, 15) is 8.42 Å². The highest BCUT2D eigenvalue weighted by atomic mass is 32.2. The van der Waals surface area contributed by atoms with Gasteiger partial charge in [0.15, 0.2) is 0 Å². The molecular formula is C15H26N2O3S. The molecule has 0 radical (unpaired) electrons. The third kappa shape index (κ3) is 3.49. The normalized spacial score (nSPS) is 24.4. The minimum Gasteiger partial charge on any atom is -0.464 e. The van der Waals surface area contributed by atoms with Crippen molar-refractivity contribution >= 4 is 10.0 Å². The predicted octanol–water partition coefficient (Wildman–Crippen LogP) is 2.36. The zero-order chi connectivity index (χ0) is 15.6. The quantitative estimate of drug-likeness (QED) is 0.906. The van der Waals surface area contributed by atoms with Crippen LogP contribution < -0.4 is 5.32 Å². The summed E-state index contributed by atoms with van der Waals surface area (Å²) < 4.78 is 32.8. The van der Waals surface area contributed by atoms with E-state index in [0.717, 1.165) is 13.0 Å². The maximum atomic E-state index is 12.8. The average Bonchev–Trinajstić information content (AvgIpc) is 2.81. The number of piperidine rings is 1. The van der Waals surface area contributed by atoms with Crippen LogP contribution in [-0.2, 0) is 16.6 Å². The Kier molecular flexibility index (Phi) is 5.11. The number of aryl methyl sites for hydroxylation is 1. The lowest BCUT2D eigenvalue weighted by Gasteiger charge is -2.34. The Hall–Kier alpha value is -0.850. The van der Waals surface area contributed by atoms with Gasteiger partial charge in [0.25, 0.3) is 0 Å². The Bertz CT molecular complexity index is 580. The molecule has 6 heteroatoms. The number of hydrogen-bond donors (Lipinski definition) is 1. The van der Waals surface area contributed by atoms with E-state index in [2.05, 4.69) is 19.2 Å². The molecule has 0 bridgehead atoms. The van der Waals surface area contributed by atoms with Crippen LogP contribution in [0.4, 0.5) is 0 Å². The molecule has 2 rings (SSSR count). The average molecular weight is 314 g/mol. The van der Waals surface area contributed by atoms with E-state index < -0.39 is 10.0 Å². The first-order valence-corrected chi connectivity index (χ1v) is 9.10. The first kappa shape index (κ1) is 16.5. The molecule has 120 valence electrons. The van der Waals surface area contributed by atoms with Crippen molar-refractivity contribution in [3.63, 3.8) is 0 Å². The van der Waals surface area contributed by atoms with Crippen LogP contribution in [-0.4, -0.2) is 32.4 Å². The number of sulfonamides is 1. The number of nitrogens with one attached hydrogen (secondary N) is 1. The lowest BCUT2D eigenvalue weighted by molar-refractivity contribution is 0.212. The van der Waals surface area contributed by atoms with Gasteiger partial charge in [0.05, 0.1) is 6.54 Å². The van der Waals surface area contributed by atoms with E-state index in [-0.39, 0.29) is 0 Å². The van der Waals surface area contributed by atoms with Crippen LogP contribution in [0, 0.1) is 18.8 Å². The van der Waals surface area contributed by atoms with Crippen molar-refractivity contribution in [2.45, 2.75) is 45.6 Å². The van der Waals surface area contributed by atoms with Crippen molar-refractivity contribution in [3.8, 4) is 0 Å². The zero-order valence-electron chi connectivity index (χ0n) is 13.3. The summed E-state index contributed by atoms with van der Waals surface area (Å²) in [6, 6.07) is 1.66. The van der Waals surface area contributed by atoms with Gasteiger partial charge in [-0.2, -0.15) is 4.31 Å². The van der Waals surface area contributed by atoms with Gasteiger partial charge in [-0.3, -0.25) is 0 Å². The zero-order valence-corrected chi connectivity index (χ0v) is 14.2. The molecule has 0 amide bonds. The van der Waals surface area contributed by atoms with E-state index in [0.29, 0.717) is 47.9 Å². The van der Waals surface area contributed by atoms with Crippen LogP contribution >= 0.6 is 0 Å². The molecular weight excluding hydrogens is 288 g/mol. The maximum Gasteiger partial charge on any atom is 0.246 e. The SMILES string of the molecule is CCNCc1cc(S(=O)(=O)N2CCC(C)C(C)C2)c(C)o1. The minimum absolute atomic E-state index is 0.317. The summed E-state index contributed by atoms with van der Waals surface area (Å²) in [7, 11) is -3.44. The van der Waals surface area contributed by atoms with Gasteiger partial charge in [0.1, 0.15) is 16.4 Å². The molecule has 0 saturated carbocycles. The molecule has 1 N–H and O–H groups in total. The highest BCUT2D eigenvalue weighted by Crippen LogP contribution is 2.29. The molecule has 1 aliphatic heterocycles. The van der Waals surface area contributed by atoms with Gasteiger partial charge in [-0.15, -0.1) is 0 Å². The summed E-state index contributed by atoms with van der Waals surface area (Å²) in [5.41, 5.74) is 0. The van der Waals surface area contributed by atoms with Gasteiger partial charge in [0, 0.05) is 19.2 Å². The smallest absolute Gasteiger partial charge is 0.246 e. The fraction of sp³-hybridized carbons (Fsp3) is 0.733.